The van der Waals surface area contributed by atoms with Gasteiger partial charge >= 0.3 is 12.0 Å². The average Bonchev–Trinajstić information content (AvgIpc) is 2.43. The molecule has 1 aromatic carbocycles. The molecule has 6 heteroatoms. The van der Waals surface area contributed by atoms with E-state index in [1.807, 2.05) is 30.3 Å². The van der Waals surface area contributed by atoms with Crippen molar-refractivity contribution < 1.29 is 19.1 Å². The molecular weight excluding hydrogens is 263 g/mol. The molecule has 1 rings (SSSR count). The number of benzene rings is 1. The van der Waals surface area contributed by atoms with Crippen molar-refractivity contribution in [1.29, 1.82) is 0 Å². The number of hydrogen-bond donors (Lipinski definition) is 3. The van der Waals surface area contributed by atoms with Crippen LogP contribution in [0.4, 0.5) is 9.18 Å². The lowest BCUT2D eigenvalue weighted by atomic mass is 10.0. The summed E-state index contributed by atoms with van der Waals surface area (Å²) in [6, 6.07) is 8.70. The maximum atomic E-state index is 12.0. The molecule has 110 valence electrons. The van der Waals surface area contributed by atoms with Crippen LogP contribution in [-0.2, 0) is 11.2 Å². The van der Waals surface area contributed by atoms with E-state index in [1.54, 1.807) is 0 Å². The molecule has 0 aromatic heterocycles. The van der Waals surface area contributed by atoms with Crippen LogP contribution in [0.25, 0.3) is 0 Å². The molecule has 0 saturated heterocycles. The molecule has 0 fully saturated rings. The van der Waals surface area contributed by atoms with E-state index in [0.717, 1.165) is 5.56 Å². The number of carboxylic acids is 1. The fourth-order valence-electron chi connectivity index (χ4n) is 1.82. The maximum Gasteiger partial charge on any atom is 0.315 e. The van der Waals surface area contributed by atoms with Crippen molar-refractivity contribution in [3.63, 3.8) is 0 Å². The van der Waals surface area contributed by atoms with Gasteiger partial charge in [0, 0.05) is 19.0 Å². The molecule has 0 aliphatic rings. The Morgan fingerprint density at radius 2 is 1.95 bits per heavy atom. The maximum absolute atomic E-state index is 12.0. The van der Waals surface area contributed by atoms with E-state index in [4.69, 9.17) is 5.11 Å². The number of nitrogens with one attached hydrogen (secondary N) is 2. The fraction of sp³-hybridized carbons (Fsp3) is 0.429. The van der Waals surface area contributed by atoms with E-state index in [2.05, 4.69) is 10.6 Å². The second-order valence-corrected chi connectivity index (χ2v) is 4.41. The number of hydrogen-bond acceptors (Lipinski definition) is 2. The quantitative estimate of drug-likeness (QED) is 0.679. The van der Waals surface area contributed by atoms with Crippen LogP contribution in [0.3, 0.4) is 0 Å². The van der Waals surface area contributed by atoms with Crippen LogP contribution < -0.4 is 10.6 Å². The number of carbonyl (C=O) groups excluding carboxylic acids is 1. The van der Waals surface area contributed by atoms with E-state index in [0.29, 0.717) is 12.8 Å². The average molecular weight is 282 g/mol. The van der Waals surface area contributed by atoms with Gasteiger partial charge in [0.15, 0.2) is 0 Å². The number of urea groups is 1. The molecule has 3 N–H and O–H groups in total. The molecule has 0 spiro atoms. The van der Waals surface area contributed by atoms with Crippen LogP contribution >= 0.6 is 0 Å². The van der Waals surface area contributed by atoms with Crippen LogP contribution in [0.5, 0.6) is 0 Å². The van der Waals surface area contributed by atoms with Gasteiger partial charge in [-0.15, -0.1) is 0 Å². The summed E-state index contributed by atoms with van der Waals surface area (Å²) < 4.78 is 12.0. The molecule has 1 atom stereocenters. The zero-order valence-electron chi connectivity index (χ0n) is 11.1. The van der Waals surface area contributed by atoms with Gasteiger partial charge in [0.05, 0.1) is 0 Å². The van der Waals surface area contributed by atoms with Gasteiger partial charge in [-0.1, -0.05) is 30.3 Å². The number of aliphatic carboxylic acids is 1. The first-order chi connectivity index (χ1) is 9.61. The number of alkyl halides is 1. The fourth-order valence-corrected chi connectivity index (χ4v) is 1.82. The highest BCUT2D eigenvalue weighted by molar-refractivity contribution is 5.74. The summed E-state index contributed by atoms with van der Waals surface area (Å²) in [7, 11) is 0. The minimum atomic E-state index is -0.908. The van der Waals surface area contributed by atoms with E-state index in [-0.39, 0.29) is 19.0 Å². The molecule has 20 heavy (non-hydrogen) atoms. The number of carbonyl (C=O) groups is 2. The van der Waals surface area contributed by atoms with Gasteiger partial charge in [0.2, 0.25) is 0 Å². The van der Waals surface area contributed by atoms with Crippen LogP contribution in [0, 0.1) is 0 Å². The number of carboxylic acid groups (broad SMARTS) is 1. The third-order valence-electron chi connectivity index (χ3n) is 2.75. The van der Waals surface area contributed by atoms with Crippen molar-refractivity contribution in [3.05, 3.63) is 35.9 Å². The number of halogens is 1. The first-order valence-corrected chi connectivity index (χ1v) is 6.48. The predicted octanol–water partition coefficient (Wildman–Crippen LogP) is 1.73. The second kappa shape index (κ2) is 8.90. The highest BCUT2D eigenvalue weighted by atomic mass is 19.1. The SMILES string of the molecule is O=C(O)CCC(Cc1ccccc1)NC(=O)NCCF. The summed E-state index contributed by atoms with van der Waals surface area (Å²) in [5.41, 5.74) is 1.01. The largest absolute Gasteiger partial charge is 0.481 e. The molecule has 1 unspecified atom stereocenters. The highest BCUT2D eigenvalue weighted by Crippen LogP contribution is 2.07. The Kier molecular flexibility index (Phi) is 7.10. The first kappa shape index (κ1) is 15.9. The standard InChI is InChI=1S/C14H19FN2O3/c15-8-9-16-14(20)17-12(6-7-13(18)19)10-11-4-2-1-3-5-11/h1-5,12H,6-10H2,(H,18,19)(H2,16,17,20). The molecule has 0 bridgehead atoms. The van der Waals surface area contributed by atoms with Crippen LogP contribution in [-0.4, -0.2) is 36.4 Å². The van der Waals surface area contributed by atoms with Crippen molar-refractivity contribution in [2.45, 2.75) is 25.3 Å². The normalized spacial score (nSPS) is 11.7. The molecule has 0 radical (unpaired) electrons. The number of rotatable bonds is 8. The van der Waals surface area contributed by atoms with E-state index >= 15 is 0 Å². The summed E-state index contributed by atoms with van der Waals surface area (Å²) in [5, 5.41) is 13.8. The molecule has 0 saturated carbocycles. The molecule has 0 aliphatic heterocycles. The molecule has 0 aliphatic carbocycles. The Labute approximate surface area is 117 Å². The lowest BCUT2D eigenvalue weighted by molar-refractivity contribution is -0.137. The first-order valence-electron chi connectivity index (χ1n) is 6.48. The Bertz CT molecular complexity index is 426. The van der Waals surface area contributed by atoms with E-state index in [9.17, 15) is 14.0 Å². The molecule has 1 aromatic rings. The minimum Gasteiger partial charge on any atom is -0.481 e. The summed E-state index contributed by atoms with van der Waals surface area (Å²) in [6.45, 7) is -0.686. The van der Waals surface area contributed by atoms with Gasteiger partial charge in [-0.3, -0.25) is 4.79 Å². The minimum absolute atomic E-state index is 0.0269. The zero-order valence-corrected chi connectivity index (χ0v) is 11.1. The summed E-state index contributed by atoms with van der Waals surface area (Å²) in [6.07, 6.45) is 0.839. The van der Waals surface area contributed by atoms with Crippen molar-refractivity contribution in [2.75, 3.05) is 13.2 Å². The molecule has 2 amide bonds. The Hall–Kier alpha value is -2.11. The van der Waals surface area contributed by atoms with E-state index in [1.165, 1.54) is 0 Å². The van der Waals surface area contributed by atoms with Crippen molar-refractivity contribution in [3.8, 4) is 0 Å². The molecular formula is C14H19FN2O3. The van der Waals surface area contributed by atoms with Crippen LogP contribution in [0.15, 0.2) is 30.3 Å². The van der Waals surface area contributed by atoms with Gasteiger partial charge in [-0.2, -0.15) is 0 Å². The highest BCUT2D eigenvalue weighted by Gasteiger charge is 2.14. The summed E-state index contributed by atoms with van der Waals surface area (Å²) in [4.78, 5) is 22.1. The zero-order chi connectivity index (χ0) is 14.8. The molecule has 5 nitrogen and oxygen atoms in total. The van der Waals surface area contributed by atoms with Gasteiger partial charge in [0.1, 0.15) is 6.67 Å². The predicted molar refractivity (Wildman–Crippen MR) is 73.3 cm³/mol. The smallest absolute Gasteiger partial charge is 0.315 e. The Morgan fingerprint density at radius 1 is 1.25 bits per heavy atom. The van der Waals surface area contributed by atoms with Crippen LogP contribution in [0.1, 0.15) is 18.4 Å². The summed E-state index contributed by atoms with van der Waals surface area (Å²) >= 11 is 0. The molecule has 0 heterocycles. The summed E-state index contributed by atoms with van der Waals surface area (Å²) in [5.74, 6) is -0.908. The van der Waals surface area contributed by atoms with Gasteiger partial charge < -0.3 is 15.7 Å². The van der Waals surface area contributed by atoms with Crippen molar-refractivity contribution in [1.82, 2.24) is 10.6 Å². The second-order valence-electron chi connectivity index (χ2n) is 4.41. The van der Waals surface area contributed by atoms with Gasteiger partial charge in [-0.25, -0.2) is 9.18 Å². The lowest BCUT2D eigenvalue weighted by Crippen LogP contribution is -2.44. The Morgan fingerprint density at radius 3 is 2.55 bits per heavy atom. The van der Waals surface area contributed by atoms with E-state index < -0.39 is 18.7 Å². The topological polar surface area (TPSA) is 78.4 Å². The van der Waals surface area contributed by atoms with Crippen LogP contribution in [0.2, 0.25) is 0 Å². The lowest BCUT2D eigenvalue weighted by Gasteiger charge is -2.18. The van der Waals surface area contributed by atoms with Gasteiger partial charge in [-0.05, 0) is 18.4 Å². The van der Waals surface area contributed by atoms with Crippen molar-refractivity contribution >= 4 is 12.0 Å². The monoisotopic (exact) mass is 282 g/mol. The Balaban J connectivity index is 2.55. The van der Waals surface area contributed by atoms with Crippen molar-refractivity contribution in [2.24, 2.45) is 0 Å². The third-order valence-corrected chi connectivity index (χ3v) is 2.75. The number of amides is 2. The van der Waals surface area contributed by atoms with Gasteiger partial charge in [0.25, 0.3) is 0 Å². The third kappa shape index (κ3) is 6.72.